The minimum atomic E-state index is 0.669. The summed E-state index contributed by atoms with van der Waals surface area (Å²) in [7, 11) is 0. The van der Waals surface area contributed by atoms with Gasteiger partial charge >= 0.3 is 0 Å². The van der Waals surface area contributed by atoms with Gasteiger partial charge in [-0.2, -0.15) is 4.37 Å². The van der Waals surface area contributed by atoms with Crippen LogP contribution < -0.4 is 10.6 Å². The minimum absolute atomic E-state index is 0.669. The second kappa shape index (κ2) is 3.12. The van der Waals surface area contributed by atoms with Crippen molar-refractivity contribution in [2.75, 3.05) is 23.7 Å². The molecule has 2 heterocycles. The molecule has 1 aliphatic heterocycles. The Bertz CT molecular complexity index is 324. The number of hydrogen-bond donors (Lipinski definition) is 1. The highest BCUT2D eigenvalue weighted by atomic mass is 32.1. The van der Waals surface area contributed by atoms with Gasteiger partial charge in [-0.3, -0.25) is 0 Å². The summed E-state index contributed by atoms with van der Waals surface area (Å²) in [6.45, 7) is 2.46. The van der Waals surface area contributed by atoms with E-state index in [2.05, 4.69) is 9.27 Å². The van der Waals surface area contributed by atoms with Crippen LogP contribution in [0.2, 0.25) is 0 Å². The average molecular weight is 209 g/mol. The lowest BCUT2D eigenvalue weighted by Gasteiger charge is -2.15. The van der Waals surface area contributed by atoms with Crippen LogP contribution in [0.3, 0.4) is 0 Å². The monoisotopic (exact) mass is 209 g/mol. The topological polar surface area (TPSA) is 42.1 Å². The summed E-state index contributed by atoms with van der Waals surface area (Å²) in [5.74, 6) is 2.55. The van der Waals surface area contributed by atoms with Crippen LogP contribution in [0.1, 0.15) is 19.3 Å². The van der Waals surface area contributed by atoms with Crippen molar-refractivity contribution in [2.45, 2.75) is 19.3 Å². The van der Waals surface area contributed by atoms with Crippen LogP contribution >= 0.6 is 11.5 Å². The number of rotatable bonds is 1. The molecule has 3 nitrogen and oxygen atoms in total. The van der Waals surface area contributed by atoms with Gasteiger partial charge in [0.2, 0.25) is 0 Å². The van der Waals surface area contributed by atoms with Gasteiger partial charge in [0.15, 0.2) is 0 Å². The largest absolute Gasteiger partial charge is 0.383 e. The van der Waals surface area contributed by atoms with Gasteiger partial charge in [0.05, 0.1) is 0 Å². The number of nitrogens with two attached hydrogens (primary N) is 1. The summed E-state index contributed by atoms with van der Waals surface area (Å²) >= 11 is 1.54. The van der Waals surface area contributed by atoms with Crippen LogP contribution in [0, 0.1) is 11.8 Å². The first-order valence-electron chi connectivity index (χ1n) is 5.30. The number of hydrogen-bond acceptors (Lipinski definition) is 4. The third-order valence-corrected chi connectivity index (χ3v) is 4.42. The van der Waals surface area contributed by atoms with Crippen molar-refractivity contribution in [3.8, 4) is 0 Å². The molecular formula is C10H15N3S. The molecule has 0 bridgehead atoms. The van der Waals surface area contributed by atoms with Gasteiger partial charge in [0.1, 0.15) is 10.8 Å². The standard InChI is InChI=1S/C10H15N3S/c11-9-4-10(14-12-9)13-5-7-2-1-3-8(7)6-13/h4,7-8H,1-3,5-6H2,(H2,11,12). The van der Waals surface area contributed by atoms with E-state index in [1.54, 1.807) is 0 Å². The van der Waals surface area contributed by atoms with Crippen molar-refractivity contribution in [3.63, 3.8) is 0 Å². The molecule has 1 aromatic heterocycles. The number of fused-ring (bicyclic) bond motifs is 1. The Morgan fingerprint density at radius 2 is 2.07 bits per heavy atom. The lowest BCUT2D eigenvalue weighted by Crippen LogP contribution is -2.19. The second-order valence-electron chi connectivity index (χ2n) is 4.45. The lowest BCUT2D eigenvalue weighted by molar-refractivity contribution is 0.494. The van der Waals surface area contributed by atoms with Crippen LogP contribution in [-0.2, 0) is 0 Å². The van der Waals surface area contributed by atoms with Crippen LogP contribution in [0.5, 0.6) is 0 Å². The molecule has 76 valence electrons. The zero-order chi connectivity index (χ0) is 9.54. The van der Waals surface area contributed by atoms with Gasteiger partial charge < -0.3 is 10.6 Å². The maximum Gasteiger partial charge on any atom is 0.139 e. The van der Waals surface area contributed by atoms with Crippen LogP contribution in [0.25, 0.3) is 0 Å². The molecule has 1 saturated heterocycles. The van der Waals surface area contributed by atoms with Crippen molar-refractivity contribution in [1.82, 2.24) is 4.37 Å². The molecule has 2 atom stereocenters. The van der Waals surface area contributed by atoms with Crippen molar-refractivity contribution in [3.05, 3.63) is 6.07 Å². The van der Waals surface area contributed by atoms with Crippen LogP contribution in [-0.4, -0.2) is 17.5 Å². The highest BCUT2D eigenvalue weighted by Gasteiger charge is 2.36. The minimum Gasteiger partial charge on any atom is -0.383 e. The molecule has 14 heavy (non-hydrogen) atoms. The van der Waals surface area contributed by atoms with E-state index in [4.69, 9.17) is 5.73 Å². The van der Waals surface area contributed by atoms with E-state index < -0.39 is 0 Å². The smallest absolute Gasteiger partial charge is 0.139 e. The third-order valence-electron chi connectivity index (χ3n) is 3.55. The fraction of sp³-hybridized carbons (Fsp3) is 0.700. The van der Waals surface area contributed by atoms with Gasteiger partial charge in [-0.25, -0.2) is 0 Å². The summed E-state index contributed by atoms with van der Waals surface area (Å²) in [6, 6.07) is 2.01. The predicted molar refractivity (Wildman–Crippen MR) is 59.6 cm³/mol. The fourth-order valence-electron chi connectivity index (χ4n) is 2.84. The molecule has 0 amide bonds. The molecule has 1 aliphatic carbocycles. The van der Waals surface area contributed by atoms with Crippen molar-refractivity contribution >= 4 is 22.4 Å². The Morgan fingerprint density at radius 1 is 1.36 bits per heavy atom. The summed E-state index contributed by atoms with van der Waals surface area (Å²) in [6.07, 6.45) is 4.29. The Balaban J connectivity index is 1.76. The molecule has 2 fully saturated rings. The highest BCUT2D eigenvalue weighted by Crippen LogP contribution is 2.40. The van der Waals surface area contributed by atoms with Gasteiger partial charge in [-0.15, -0.1) is 0 Å². The molecule has 3 rings (SSSR count). The Morgan fingerprint density at radius 3 is 2.64 bits per heavy atom. The Kier molecular flexibility index (Phi) is 1.90. The summed E-state index contributed by atoms with van der Waals surface area (Å²) in [5.41, 5.74) is 5.63. The third kappa shape index (κ3) is 1.29. The first-order valence-corrected chi connectivity index (χ1v) is 6.07. The summed E-state index contributed by atoms with van der Waals surface area (Å²) < 4.78 is 4.13. The Hall–Kier alpha value is -0.770. The first kappa shape index (κ1) is 8.53. The Labute approximate surface area is 88.1 Å². The van der Waals surface area contributed by atoms with Crippen molar-refractivity contribution in [1.29, 1.82) is 0 Å². The predicted octanol–water partition coefficient (Wildman–Crippen LogP) is 1.96. The lowest BCUT2D eigenvalue weighted by atomic mass is 10.0. The maximum atomic E-state index is 5.63. The van der Waals surface area contributed by atoms with E-state index in [0.717, 1.165) is 11.8 Å². The number of anilines is 2. The van der Waals surface area contributed by atoms with Gasteiger partial charge in [-0.05, 0) is 36.2 Å². The molecule has 1 saturated carbocycles. The van der Waals surface area contributed by atoms with E-state index in [1.807, 2.05) is 6.07 Å². The molecular weight excluding hydrogens is 194 g/mol. The van der Waals surface area contributed by atoms with E-state index in [1.165, 1.54) is 48.9 Å². The molecule has 2 unspecified atom stereocenters. The SMILES string of the molecule is Nc1cc(N2CC3CCCC3C2)sn1. The highest BCUT2D eigenvalue weighted by molar-refractivity contribution is 7.10. The first-order chi connectivity index (χ1) is 6.83. The molecule has 2 aliphatic rings. The molecule has 0 radical (unpaired) electrons. The van der Waals surface area contributed by atoms with Crippen LogP contribution in [0.15, 0.2) is 6.07 Å². The van der Waals surface area contributed by atoms with E-state index >= 15 is 0 Å². The average Bonchev–Trinajstić information content (AvgIpc) is 2.75. The molecule has 4 heteroatoms. The second-order valence-corrected chi connectivity index (χ2v) is 5.23. The number of aromatic nitrogens is 1. The normalized spacial score (nSPS) is 31.0. The molecule has 1 aromatic rings. The molecule has 0 spiro atoms. The van der Waals surface area contributed by atoms with Crippen LogP contribution in [0.4, 0.5) is 10.8 Å². The van der Waals surface area contributed by atoms with Gasteiger partial charge in [0, 0.05) is 19.2 Å². The zero-order valence-electron chi connectivity index (χ0n) is 8.15. The zero-order valence-corrected chi connectivity index (χ0v) is 8.96. The summed E-state index contributed by atoms with van der Waals surface area (Å²) in [4.78, 5) is 2.46. The van der Waals surface area contributed by atoms with Crippen molar-refractivity contribution in [2.24, 2.45) is 11.8 Å². The van der Waals surface area contributed by atoms with E-state index in [0.29, 0.717) is 5.82 Å². The van der Waals surface area contributed by atoms with Gasteiger partial charge in [0.25, 0.3) is 0 Å². The molecule has 2 N–H and O–H groups in total. The van der Waals surface area contributed by atoms with E-state index in [-0.39, 0.29) is 0 Å². The summed E-state index contributed by atoms with van der Waals surface area (Å²) in [5, 5.41) is 1.26. The fourth-order valence-corrected chi connectivity index (χ4v) is 3.53. The van der Waals surface area contributed by atoms with Crippen molar-refractivity contribution < 1.29 is 0 Å². The van der Waals surface area contributed by atoms with Gasteiger partial charge in [-0.1, -0.05) is 6.42 Å². The maximum absolute atomic E-state index is 5.63. The van der Waals surface area contributed by atoms with E-state index in [9.17, 15) is 0 Å². The number of nitrogen functional groups attached to an aromatic ring is 1. The number of nitrogens with zero attached hydrogens (tertiary/aromatic N) is 2. The molecule has 0 aromatic carbocycles. The quantitative estimate of drug-likeness (QED) is 0.769.